The molecule has 0 fully saturated rings. The fourth-order valence-corrected chi connectivity index (χ4v) is 3.86. The summed E-state index contributed by atoms with van der Waals surface area (Å²) >= 11 is 0. The van der Waals surface area contributed by atoms with Crippen molar-refractivity contribution in [2.24, 2.45) is 5.73 Å². The summed E-state index contributed by atoms with van der Waals surface area (Å²) in [4.78, 5) is 1.73. The number of nitrogens with one attached hydrogen (secondary N) is 1. The Balaban J connectivity index is 1.67. The third-order valence-electron chi connectivity index (χ3n) is 5.18. The van der Waals surface area contributed by atoms with Gasteiger partial charge < -0.3 is 15.5 Å². The first-order valence-electron chi connectivity index (χ1n) is 9.08. The molecule has 0 amide bonds. The molecule has 0 radical (unpaired) electrons. The topological polar surface area (TPSA) is 102 Å². The van der Waals surface area contributed by atoms with Crippen molar-refractivity contribution in [1.29, 1.82) is 10.5 Å². The normalized spacial score (nSPS) is 17.3. The Kier molecular flexibility index (Phi) is 3.65. The van der Waals surface area contributed by atoms with E-state index < -0.39 is 5.92 Å². The number of nitrogens with zero attached hydrogens (tertiary/aromatic N) is 3. The van der Waals surface area contributed by atoms with Crippen molar-refractivity contribution in [3.63, 3.8) is 0 Å². The van der Waals surface area contributed by atoms with Crippen LogP contribution in [0.4, 0.5) is 11.4 Å². The third kappa shape index (κ3) is 2.40. The van der Waals surface area contributed by atoms with Crippen LogP contribution in [0.25, 0.3) is 11.3 Å². The molecule has 2 aliphatic rings. The molecule has 3 N–H and O–H groups in total. The minimum atomic E-state index is -0.671. The minimum absolute atomic E-state index is 0.290. The summed E-state index contributed by atoms with van der Waals surface area (Å²) in [6.45, 7) is 0. The van der Waals surface area contributed by atoms with Gasteiger partial charge in [-0.15, -0.1) is 0 Å². The largest absolute Gasteiger partial charge is 0.460 e. The van der Waals surface area contributed by atoms with Crippen LogP contribution in [0.15, 0.2) is 93.9 Å². The predicted octanol–water partition coefficient (Wildman–Crippen LogP) is 4.40. The zero-order valence-electron chi connectivity index (χ0n) is 15.3. The van der Waals surface area contributed by atoms with E-state index in [2.05, 4.69) is 17.5 Å². The smallest absolute Gasteiger partial charge is 0.134 e. The van der Waals surface area contributed by atoms with Gasteiger partial charge in [-0.1, -0.05) is 42.5 Å². The Hall–Kier alpha value is -4.42. The van der Waals surface area contributed by atoms with Gasteiger partial charge in [0.05, 0.1) is 40.6 Å². The lowest BCUT2D eigenvalue weighted by atomic mass is 9.87. The molecule has 0 saturated carbocycles. The van der Waals surface area contributed by atoms with Crippen molar-refractivity contribution in [2.75, 3.05) is 10.2 Å². The molecule has 0 bridgehead atoms. The van der Waals surface area contributed by atoms with E-state index in [1.165, 1.54) is 0 Å². The molecule has 2 aliphatic heterocycles. The number of furan rings is 1. The predicted molar refractivity (Wildman–Crippen MR) is 109 cm³/mol. The SMILES string of the molecule is N#CC1=C(N)N2C(=C(C#N)C1c1ccc(-c3ccccc3)o1)Nc1ccccc12. The third-order valence-corrected chi connectivity index (χ3v) is 5.18. The summed E-state index contributed by atoms with van der Waals surface area (Å²) in [7, 11) is 0. The number of hydrogen-bond acceptors (Lipinski definition) is 6. The molecule has 0 aliphatic carbocycles. The molecule has 0 spiro atoms. The average Bonchev–Trinajstić information content (AvgIpc) is 3.39. The summed E-state index contributed by atoms with van der Waals surface area (Å²) in [6, 6.07) is 25.4. The first-order chi connectivity index (χ1) is 14.2. The Morgan fingerprint density at radius 2 is 1.62 bits per heavy atom. The lowest BCUT2D eigenvalue weighted by Crippen LogP contribution is -2.34. The maximum absolute atomic E-state index is 9.98. The van der Waals surface area contributed by atoms with E-state index >= 15 is 0 Å². The van der Waals surface area contributed by atoms with Gasteiger partial charge in [0.25, 0.3) is 0 Å². The zero-order valence-corrected chi connectivity index (χ0v) is 15.3. The van der Waals surface area contributed by atoms with E-state index in [9.17, 15) is 10.5 Å². The number of allylic oxidation sites excluding steroid dienone is 2. The molecule has 0 saturated heterocycles. The number of para-hydroxylation sites is 2. The van der Waals surface area contributed by atoms with Crippen LogP contribution in [0.2, 0.25) is 0 Å². The van der Waals surface area contributed by atoms with Crippen molar-refractivity contribution in [3.05, 3.63) is 95.3 Å². The number of hydrogen-bond donors (Lipinski definition) is 2. The number of nitrogens with two attached hydrogens (primary N) is 1. The quantitative estimate of drug-likeness (QED) is 0.686. The highest BCUT2D eigenvalue weighted by molar-refractivity contribution is 5.86. The maximum atomic E-state index is 9.98. The fraction of sp³-hybridized carbons (Fsp3) is 0.0435. The van der Waals surface area contributed by atoms with E-state index in [0.717, 1.165) is 16.9 Å². The number of nitriles is 2. The Labute approximate surface area is 167 Å². The molecule has 1 aromatic heterocycles. The molecule has 5 rings (SSSR count). The lowest BCUT2D eigenvalue weighted by molar-refractivity contribution is 0.512. The second-order valence-corrected chi connectivity index (χ2v) is 6.76. The van der Waals surface area contributed by atoms with Crippen molar-refractivity contribution in [3.8, 4) is 23.5 Å². The minimum Gasteiger partial charge on any atom is -0.460 e. The van der Waals surface area contributed by atoms with Crippen LogP contribution in [0.1, 0.15) is 11.7 Å². The van der Waals surface area contributed by atoms with E-state index in [1.54, 1.807) is 11.0 Å². The van der Waals surface area contributed by atoms with Gasteiger partial charge in [0.2, 0.25) is 0 Å². The van der Waals surface area contributed by atoms with E-state index in [-0.39, 0.29) is 5.57 Å². The van der Waals surface area contributed by atoms with Gasteiger partial charge in [-0.05, 0) is 24.3 Å². The van der Waals surface area contributed by atoms with Crippen LogP contribution < -0.4 is 16.0 Å². The van der Waals surface area contributed by atoms with Gasteiger partial charge in [-0.2, -0.15) is 10.5 Å². The van der Waals surface area contributed by atoms with Crippen molar-refractivity contribution >= 4 is 11.4 Å². The van der Waals surface area contributed by atoms with Crippen molar-refractivity contribution in [2.45, 2.75) is 5.92 Å². The van der Waals surface area contributed by atoms with Crippen LogP contribution in [0, 0.1) is 22.7 Å². The first-order valence-corrected chi connectivity index (χ1v) is 9.08. The standard InChI is InChI=1S/C23H15N5O/c24-12-15-21(20-11-10-19(29-20)14-6-2-1-3-7-14)16(13-25)23-27-17-8-4-5-9-18(17)28(23)22(15)26/h1-11,21,27H,26H2. The molecule has 29 heavy (non-hydrogen) atoms. The summed E-state index contributed by atoms with van der Waals surface area (Å²) in [5, 5.41) is 23.1. The number of benzene rings is 2. The highest BCUT2D eigenvalue weighted by Gasteiger charge is 2.41. The zero-order chi connectivity index (χ0) is 20.0. The maximum Gasteiger partial charge on any atom is 0.134 e. The van der Waals surface area contributed by atoms with Crippen LogP contribution in [-0.2, 0) is 0 Å². The highest BCUT2D eigenvalue weighted by Crippen LogP contribution is 2.48. The summed E-state index contributed by atoms with van der Waals surface area (Å²) < 4.78 is 6.07. The second-order valence-electron chi connectivity index (χ2n) is 6.76. The van der Waals surface area contributed by atoms with E-state index in [1.807, 2.05) is 60.7 Å². The molecule has 3 heterocycles. The van der Waals surface area contributed by atoms with Crippen LogP contribution >= 0.6 is 0 Å². The van der Waals surface area contributed by atoms with Crippen LogP contribution in [0.3, 0.4) is 0 Å². The molecule has 6 heteroatoms. The van der Waals surface area contributed by atoms with Gasteiger partial charge in [-0.3, -0.25) is 4.90 Å². The number of rotatable bonds is 2. The molecular weight excluding hydrogens is 362 g/mol. The molecule has 6 nitrogen and oxygen atoms in total. The Bertz CT molecular complexity index is 1270. The van der Waals surface area contributed by atoms with Gasteiger partial charge in [-0.25, -0.2) is 0 Å². The van der Waals surface area contributed by atoms with Crippen LogP contribution in [0.5, 0.6) is 0 Å². The average molecular weight is 377 g/mol. The number of fused-ring (bicyclic) bond motifs is 3. The van der Waals surface area contributed by atoms with E-state index in [4.69, 9.17) is 10.2 Å². The molecule has 3 aromatic rings. The Morgan fingerprint density at radius 3 is 2.38 bits per heavy atom. The van der Waals surface area contributed by atoms with Gasteiger partial charge in [0.15, 0.2) is 0 Å². The molecule has 138 valence electrons. The monoisotopic (exact) mass is 377 g/mol. The summed E-state index contributed by atoms with van der Waals surface area (Å²) in [5.74, 6) is 1.36. The van der Waals surface area contributed by atoms with Crippen molar-refractivity contribution in [1.82, 2.24) is 0 Å². The second kappa shape index (κ2) is 6.33. The van der Waals surface area contributed by atoms with E-state index in [0.29, 0.717) is 28.7 Å². The summed E-state index contributed by atoms with van der Waals surface area (Å²) in [5.41, 5.74) is 9.65. The first kappa shape index (κ1) is 16.7. The molecule has 2 aromatic carbocycles. The Morgan fingerprint density at radius 1 is 0.897 bits per heavy atom. The van der Waals surface area contributed by atoms with Gasteiger partial charge >= 0.3 is 0 Å². The highest BCUT2D eigenvalue weighted by atomic mass is 16.3. The lowest BCUT2D eigenvalue weighted by Gasteiger charge is -2.30. The van der Waals surface area contributed by atoms with Gasteiger partial charge in [0.1, 0.15) is 23.2 Å². The number of anilines is 2. The summed E-state index contributed by atoms with van der Waals surface area (Å²) in [6.07, 6.45) is 0. The molecular formula is C23H15N5O. The van der Waals surface area contributed by atoms with Gasteiger partial charge in [0, 0.05) is 5.56 Å². The molecule has 1 atom stereocenters. The van der Waals surface area contributed by atoms with Crippen LogP contribution in [-0.4, -0.2) is 0 Å². The molecule has 1 unspecified atom stereocenters. The van der Waals surface area contributed by atoms with Crippen molar-refractivity contribution < 1.29 is 4.42 Å². The fourth-order valence-electron chi connectivity index (χ4n) is 3.86.